The Kier molecular flexibility index (Phi) is 7.04. The molecule has 6 rings (SSSR count). The molecule has 0 bridgehead atoms. The van der Waals surface area contributed by atoms with Gasteiger partial charge in [0.2, 0.25) is 5.91 Å². The molecule has 0 radical (unpaired) electrons. The van der Waals surface area contributed by atoms with E-state index in [1.165, 1.54) is 0 Å². The first-order chi connectivity index (χ1) is 19.5. The number of aliphatic imine (C=N–C) groups is 1. The molecule has 2 amide bonds. The Balaban J connectivity index is 1.35. The number of carbonyl (C=O) groups excluding carboxylic acids is 2. The fraction of sp³-hybridized carbons (Fsp3) is 0.345. The second-order valence-corrected chi connectivity index (χ2v) is 9.98. The predicted octanol–water partition coefficient (Wildman–Crippen LogP) is 3.40. The molecule has 0 unspecified atom stereocenters. The summed E-state index contributed by atoms with van der Waals surface area (Å²) in [6.45, 7) is 6.51. The van der Waals surface area contributed by atoms with Gasteiger partial charge in [-0.1, -0.05) is 0 Å². The van der Waals surface area contributed by atoms with Gasteiger partial charge in [-0.25, -0.2) is 4.98 Å². The Morgan fingerprint density at radius 2 is 1.82 bits per heavy atom. The SMILES string of the molecule is CCN=C(c1nc2c(C(=O)N3CCOCC3)cncc2[nH]1)c1cc(-c2cncc(NC(=O)C3CC3)c2)cnc1C. The lowest BCUT2D eigenvalue weighted by atomic mass is 10.0. The van der Waals surface area contributed by atoms with Gasteiger partial charge >= 0.3 is 0 Å². The molecule has 40 heavy (non-hydrogen) atoms. The van der Waals surface area contributed by atoms with Gasteiger partial charge in [-0.3, -0.25) is 29.5 Å². The second-order valence-electron chi connectivity index (χ2n) is 9.98. The highest BCUT2D eigenvalue weighted by Gasteiger charge is 2.29. The number of H-pyrrole nitrogens is 1. The highest BCUT2D eigenvalue weighted by atomic mass is 16.5. The number of nitrogens with one attached hydrogen (secondary N) is 2. The molecule has 5 heterocycles. The maximum atomic E-state index is 13.3. The quantitative estimate of drug-likeness (QED) is 0.344. The summed E-state index contributed by atoms with van der Waals surface area (Å²) in [6.07, 6.45) is 10.3. The zero-order valence-corrected chi connectivity index (χ0v) is 22.5. The number of nitrogens with zero attached hydrogens (tertiary/aromatic N) is 6. The molecular formula is C29H30N8O3. The van der Waals surface area contributed by atoms with Crippen LogP contribution >= 0.6 is 0 Å². The lowest BCUT2D eigenvalue weighted by Crippen LogP contribution is -2.40. The van der Waals surface area contributed by atoms with Crippen LogP contribution in [0.15, 0.2) is 48.1 Å². The molecule has 0 aromatic carbocycles. The van der Waals surface area contributed by atoms with Gasteiger partial charge in [0.25, 0.3) is 5.91 Å². The van der Waals surface area contributed by atoms with Crippen molar-refractivity contribution in [1.82, 2.24) is 29.8 Å². The fourth-order valence-electron chi connectivity index (χ4n) is 4.77. The number of aromatic amines is 1. The van der Waals surface area contributed by atoms with Crippen LogP contribution in [0.2, 0.25) is 0 Å². The van der Waals surface area contributed by atoms with Crippen molar-refractivity contribution in [2.24, 2.45) is 10.9 Å². The number of pyridine rings is 3. The predicted molar refractivity (Wildman–Crippen MR) is 150 cm³/mol. The molecule has 2 fully saturated rings. The average molecular weight is 539 g/mol. The molecular weight excluding hydrogens is 508 g/mol. The van der Waals surface area contributed by atoms with E-state index in [9.17, 15) is 9.59 Å². The van der Waals surface area contributed by atoms with Crippen LogP contribution in [0.4, 0.5) is 5.69 Å². The smallest absolute Gasteiger partial charge is 0.257 e. The van der Waals surface area contributed by atoms with E-state index in [2.05, 4.69) is 25.3 Å². The minimum atomic E-state index is -0.116. The molecule has 11 nitrogen and oxygen atoms in total. The van der Waals surface area contributed by atoms with E-state index in [1.807, 2.05) is 26.0 Å². The lowest BCUT2D eigenvalue weighted by molar-refractivity contribution is -0.117. The number of hydrogen-bond acceptors (Lipinski definition) is 8. The lowest BCUT2D eigenvalue weighted by Gasteiger charge is -2.26. The normalized spacial score (nSPS) is 15.8. The van der Waals surface area contributed by atoms with Crippen LogP contribution < -0.4 is 5.32 Å². The number of ether oxygens (including phenoxy) is 1. The van der Waals surface area contributed by atoms with E-state index in [1.54, 1.807) is 35.9 Å². The molecule has 1 saturated carbocycles. The van der Waals surface area contributed by atoms with Crippen molar-refractivity contribution in [2.75, 3.05) is 38.2 Å². The van der Waals surface area contributed by atoms with Crippen molar-refractivity contribution in [3.8, 4) is 11.1 Å². The number of hydrogen-bond donors (Lipinski definition) is 2. The van der Waals surface area contributed by atoms with Crippen LogP contribution in [0.1, 0.15) is 47.2 Å². The van der Waals surface area contributed by atoms with Gasteiger partial charge in [-0.15, -0.1) is 0 Å². The number of aryl methyl sites for hydroxylation is 1. The molecule has 4 aromatic heterocycles. The van der Waals surface area contributed by atoms with E-state index in [0.717, 1.165) is 35.2 Å². The second kappa shape index (κ2) is 10.9. The number of anilines is 1. The zero-order chi connectivity index (χ0) is 27.6. The molecule has 0 spiro atoms. The van der Waals surface area contributed by atoms with Crippen LogP contribution in [-0.4, -0.2) is 80.2 Å². The van der Waals surface area contributed by atoms with Crippen molar-refractivity contribution in [1.29, 1.82) is 0 Å². The van der Waals surface area contributed by atoms with Crippen molar-refractivity contribution in [3.05, 3.63) is 65.8 Å². The number of amides is 2. The Bertz CT molecular complexity index is 1620. The number of aromatic nitrogens is 5. The van der Waals surface area contributed by atoms with E-state index in [-0.39, 0.29) is 17.7 Å². The molecule has 11 heteroatoms. The summed E-state index contributed by atoms with van der Waals surface area (Å²) in [5.41, 5.74) is 6.19. The van der Waals surface area contributed by atoms with Crippen molar-refractivity contribution < 1.29 is 14.3 Å². The summed E-state index contributed by atoms with van der Waals surface area (Å²) in [5.74, 6) is 0.554. The first-order valence-electron chi connectivity index (χ1n) is 13.5. The van der Waals surface area contributed by atoms with E-state index in [4.69, 9.17) is 14.7 Å². The van der Waals surface area contributed by atoms with E-state index < -0.39 is 0 Å². The highest BCUT2D eigenvalue weighted by Crippen LogP contribution is 2.31. The van der Waals surface area contributed by atoms with Gasteiger partial charge in [-0.05, 0) is 38.8 Å². The Hall–Kier alpha value is -4.51. The van der Waals surface area contributed by atoms with Crippen LogP contribution in [0, 0.1) is 12.8 Å². The van der Waals surface area contributed by atoms with Gasteiger partial charge in [0.1, 0.15) is 11.2 Å². The molecule has 1 aliphatic carbocycles. The minimum Gasteiger partial charge on any atom is -0.378 e. The van der Waals surface area contributed by atoms with Gasteiger partial charge in [-0.2, -0.15) is 0 Å². The van der Waals surface area contributed by atoms with Crippen LogP contribution in [-0.2, 0) is 9.53 Å². The summed E-state index contributed by atoms with van der Waals surface area (Å²) < 4.78 is 5.40. The molecule has 2 aliphatic rings. The van der Waals surface area contributed by atoms with E-state index in [0.29, 0.717) is 66.7 Å². The Morgan fingerprint density at radius 1 is 1.05 bits per heavy atom. The standard InChI is InChI=1S/C29H30N8O3/c1-3-32-26(27-35-24-16-31-15-23(25(24)36-27)29(39)37-6-8-40-9-7-37)22-11-20(13-33-17(22)2)19-10-21(14-30-12-19)34-28(38)18-4-5-18/h10-16,18H,3-9H2,1-2H3,(H,34,38)(H,35,36). The number of carbonyl (C=O) groups is 2. The Labute approximate surface area is 231 Å². The molecule has 0 atom stereocenters. The number of morpholine rings is 1. The molecule has 1 saturated heterocycles. The van der Waals surface area contributed by atoms with Crippen LogP contribution in [0.5, 0.6) is 0 Å². The molecule has 4 aromatic rings. The first-order valence-corrected chi connectivity index (χ1v) is 13.5. The monoisotopic (exact) mass is 538 g/mol. The maximum Gasteiger partial charge on any atom is 0.257 e. The number of imidazole rings is 1. The molecule has 2 N–H and O–H groups in total. The van der Waals surface area contributed by atoms with Crippen molar-refractivity contribution in [2.45, 2.75) is 26.7 Å². The summed E-state index contributed by atoms with van der Waals surface area (Å²) in [6, 6.07) is 3.90. The largest absolute Gasteiger partial charge is 0.378 e. The van der Waals surface area contributed by atoms with Crippen LogP contribution in [0.3, 0.4) is 0 Å². The first kappa shape index (κ1) is 25.8. The fourth-order valence-corrected chi connectivity index (χ4v) is 4.77. The average Bonchev–Trinajstić information content (AvgIpc) is 3.75. The third kappa shape index (κ3) is 5.20. The summed E-state index contributed by atoms with van der Waals surface area (Å²) in [5, 5.41) is 2.96. The topological polar surface area (TPSA) is 138 Å². The number of fused-ring (bicyclic) bond motifs is 1. The van der Waals surface area contributed by atoms with Gasteiger partial charge in [0.15, 0.2) is 5.82 Å². The van der Waals surface area contributed by atoms with Gasteiger partial charge < -0.3 is 19.9 Å². The third-order valence-electron chi connectivity index (χ3n) is 7.09. The Morgan fingerprint density at radius 3 is 2.60 bits per heavy atom. The van der Waals surface area contributed by atoms with Gasteiger partial charge in [0.05, 0.1) is 42.4 Å². The van der Waals surface area contributed by atoms with Gasteiger partial charge in [0, 0.05) is 66.5 Å². The highest BCUT2D eigenvalue weighted by molar-refractivity contribution is 6.14. The van der Waals surface area contributed by atoms with Crippen molar-refractivity contribution >= 4 is 34.2 Å². The number of rotatable bonds is 7. The van der Waals surface area contributed by atoms with Crippen LogP contribution in [0.25, 0.3) is 22.2 Å². The molecule has 204 valence electrons. The zero-order valence-electron chi connectivity index (χ0n) is 22.5. The maximum absolute atomic E-state index is 13.3. The summed E-state index contributed by atoms with van der Waals surface area (Å²) in [7, 11) is 0. The molecule has 1 aliphatic heterocycles. The third-order valence-corrected chi connectivity index (χ3v) is 7.09. The summed E-state index contributed by atoms with van der Waals surface area (Å²) >= 11 is 0. The van der Waals surface area contributed by atoms with Crippen molar-refractivity contribution in [3.63, 3.8) is 0 Å². The minimum absolute atomic E-state index is 0.0323. The summed E-state index contributed by atoms with van der Waals surface area (Å²) in [4.78, 5) is 53.5. The van der Waals surface area contributed by atoms with E-state index >= 15 is 0 Å².